The van der Waals surface area contributed by atoms with E-state index in [1.165, 1.54) is 12.5 Å². The summed E-state index contributed by atoms with van der Waals surface area (Å²) in [4.78, 5) is 29.6. The number of nitrogens with one attached hydrogen (secondary N) is 1. The fraction of sp³-hybridized carbons (Fsp3) is 0.586. The van der Waals surface area contributed by atoms with Gasteiger partial charge in [-0.05, 0) is 100 Å². The van der Waals surface area contributed by atoms with Crippen molar-refractivity contribution in [2.75, 3.05) is 5.32 Å². The lowest BCUT2D eigenvalue weighted by Gasteiger charge is -2.55. The summed E-state index contributed by atoms with van der Waals surface area (Å²) in [6, 6.07) is 7.52. The molecule has 2 bridgehead atoms. The molecule has 1 aromatic carbocycles. The van der Waals surface area contributed by atoms with Crippen LogP contribution < -0.4 is 5.32 Å². The maximum atomic E-state index is 13.9. The van der Waals surface area contributed by atoms with Crippen LogP contribution in [0.2, 0.25) is 0 Å². The number of hydrogen-bond donors (Lipinski definition) is 2. The highest BCUT2D eigenvalue weighted by Crippen LogP contribution is 2.62. The van der Waals surface area contributed by atoms with E-state index in [2.05, 4.69) is 15.5 Å². The Kier molecular flexibility index (Phi) is 6.52. The molecule has 4 saturated carbocycles. The molecule has 1 heterocycles. The lowest BCUT2D eigenvalue weighted by molar-refractivity contribution is -0.132. The number of allylic oxidation sites excluding steroid dienone is 1. The highest BCUT2D eigenvalue weighted by molar-refractivity contribution is 5.96. The van der Waals surface area contributed by atoms with Crippen molar-refractivity contribution in [1.29, 1.82) is 0 Å². The van der Waals surface area contributed by atoms with Gasteiger partial charge in [-0.2, -0.15) is 4.98 Å². The number of nitrogens with zero attached hydrogens (tertiary/aromatic N) is 2. The fourth-order valence-electron chi connectivity index (χ4n) is 7.17. The van der Waals surface area contributed by atoms with Crippen LogP contribution in [0.3, 0.4) is 0 Å². The van der Waals surface area contributed by atoms with E-state index in [4.69, 9.17) is 9.63 Å². The SMILES string of the molecule is C/C(=C\C(=O)O)c1cccc(NC(=O)C2(CC34CCC(c5nc(C)no5)(CC3)CC4)CCCCC2)c1. The van der Waals surface area contributed by atoms with Gasteiger partial charge in [-0.1, -0.05) is 36.6 Å². The van der Waals surface area contributed by atoms with Gasteiger partial charge in [-0.3, -0.25) is 4.79 Å². The van der Waals surface area contributed by atoms with Crippen molar-refractivity contribution >= 4 is 23.1 Å². The summed E-state index contributed by atoms with van der Waals surface area (Å²) in [6.45, 7) is 3.66. The van der Waals surface area contributed by atoms with Crippen LogP contribution >= 0.6 is 0 Å². The molecule has 0 atom stereocenters. The lowest BCUT2D eigenvalue weighted by atomic mass is 9.49. The second kappa shape index (κ2) is 9.49. The number of benzene rings is 1. The second-order valence-electron chi connectivity index (χ2n) is 11.6. The molecule has 6 rings (SSSR count). The van der Waals surface area contributed by atoms with Gasteiger partial charge in [0, 0.05) is 17.2 Å². The highest BCUT2D eigenvalue weighted by Gasteiger charge is 2.55. The molecule has 0 aliphatic heterocycles. The van der Waals surface area contributed by atoms with E-state index in [9.17, 15) is 9.59 Å². The average molecular weight is 492 g/mol. The van der Waals surface area contributed by atoms with Crippen molar-refractivity contribution in [3.63, 3.8) is 0 Å². The minimum Gasteiger partial charge on any atom is -0.478 e. The van der Waals surface area contributed by atoms with Crippen molar-refractivity contribution in [3.05, 3.63) is 47.6 Å². The van der Waals surface area contributed by atoms with Crippen molar-refractivity contribution in [2.24, 2.45) is 10.8 Å². The number of fused-ring (bicyclic) bond motifs is 3. The van der Waals surface area contributed by atoms with Crippen molar-refractivity contribution < 1.29 is 19.2 Å². The first-order chi connectivity index (χ1) is 17.2. The fourth-order valence-corrected chi connectivity index (χ4v) is 7.17. The molecule has 192 valence electrons. The molecule has 4 aliphatic carbocycles. The molecule has 7 heteroatoms. The molecule has 2 N–H and O–H groups in total. The summed E-state index contributed by atoms with van der Waals surface area (Å²) in [7, 11) is 0. The van der Waals surface area contributed by atoms with Crippen LogP contribution in [-0.2, 0) is 15.0 Å². The molecule has 1 aromatic heterocycles. The third kappa shape index (κ3) is 4.72. The molecule has 0 unspecified atom stereocenters. The predicted molar refractivity (Wildman–Crippen MR) is 137 cm³/mol. The van der Waals surface area contributed by atoms with E-state index in [0.717, 1.165) is 87.8 Å². The van der Waals surface area contributed by atoms with Gasteiger partial charge in [0.2, 0.25) is 11.8 Å². The van der Waals surface area contributed by atoms with Crippen LogP contribution in [0, 0.1) is 17.8 Å². The summed E-state index contributed by atoms with van der Waals surface area (Å²) >= 11 is 0. The molecule has 2 aromatic rings. The molecule has 4 aliphatic rings. The summed E-state index contributed by atoms with van der Waals surface area (Å²) in [5, 5.41) is 16.4. The van der Waals surface area contributed by atoms with Gasteiger partial charge in [0.05, 0.1) is 5.41 Å². The van der Waals surface area contributed by atoms with Crippen LogP contribution in [0.4, 0.5) is 5.69 Å². The Bertz CT molecular complexity index is 1150. The maximum Gasteiger partial charge on any atom is 0.328 e. The summed E-state index contributed by atoms with van der Waals surface area (Å²) < 4.78 is 5.62. The first-order valence-electron chi connectivity index (χ1n) is 13.4. The number of carbonyl (C=O) groups excluding carboxylic acids is 1. The van der Waals surface area contributed by atoms with E-state index in [0.29, 0.717) is 11.4 Å². The van der Waals surface area contributed by atoms with Crippen molar-refractivity contribution in [2.45, 2.75) is 96.3 Å². The van der Waals surface area contributed by atoms with Crippen LogP contribution in [-0.4, -0.2) is 27.1 Å². The maximum absolute atomic E-state index is 13.9. The van der Waals surface area contributed by atoms with E-state index < -0.39 is 5.97 Å². The van der Waals surface area contributed by atoms with Gasteiger partial charge in [-0.25, -0.2) is 4.79 Å². The number of aromatic nitrogens is 2. The van der Waals surface area contributed by atoms with Crippen LogP contribution in [0.15, 0.2) is 34.9 Å². The Labute approximate surface area is 212 Å². The zero-order valence-corrected chi connectivity index (χ0v) is 21.4. The number of aryl methyl sites for hydroxylation is 1. The molecular formula is C29H37N3O4. The molecule has 0 saturated heterocycles. The molecular weight excluding hydrogens is 454 g/mol. The zero-order chi connectivity index (χ0) is 25.4. The topological polar surface area (TPSA) is 105 Å². The largest absolute Gasteiger partial charge is 0.478 e. The molecule has 36 heavy (non-hydrogen) atoms. The number of anilines is 1. The monoisotopic (exact) mass is 491 g/mol. The van der Waals surface area contributed by atoms with Crippen molar-refractivity contribution in [3.8, 4) is 0 Å². The summed E-state index contributed by atoms with van der Waals surface area (Å²) in [6.07, 6.45) is 13.9. The van der Waals surface area contributed by atoms with Crippen molar-refractivity contribution in [1.82, 2.24) is 10.1 Å². The molecule has 0 radical (unpaired) electrons. The molecule has 4 fully saturated rings. The van der Waals surface area contributed by atoms with Gasteiger partial charge in [0.25, 0.3) is 0 Å². The average Bonchev–Trinajstić information content (AvgIpc) is 3.32. The second-order valence-corrected chi connectivity index (χ2v) is 11.6. The minimum absolute atomic E-state index is 0.0206. The first kappa shape index (κ1) is 24.7. The Hall–Kier alpha value is -2.96. The number of carboxylic acid groups (broad SMARTS) is 1. The highest BCUT2D eigenvalue weighted by atomic mass is 16.5. The number of amides is 1. The number of carboxylic acids is 1. The minimum atomic E-state index is -0.972. The van der Waals surface area contributed by atoms with E-state index in [1.54, 1.807) is 6.92 Å². The van der Waals surface area contributed by atoms with Gasteiger partial charge >= 0.3 is 5.97 Å². The van der Waals surface area contributed by atoms with E-state index in [-0.39, 0.29) is 22.2 Å². The Morgan fingerprint density at radius 3 is 2.36 bits per heavy atom. The van der Waals surface area contributed by atoms with Gasteiger partial charge in [0.1, 0.15) is 0 Å². The molecule has 1 amide bonds. The number of carbonyl (C=O) groups is 2. The first-order valence-corrected chi connectivity index (χ1v) is 13.4. The number of aliphatic carboxylic acids is 1. The number of hydrogen-bond acceptors (Lipinski definition) is 5. The quantitative estimate of drug-likeness (QED) is 0.432. The molecule has 7 nitrogen and oxygen atoms in total. The molecule has 0 spiro atoms. The zero-order valence-electron chi connectivity index (χ0n) is 21.4. The smallest absolute Gasteiger partial charge is 0.328 e. The predicted octanol–water partition coefficient (Wildman–Crippen LogP) is 6.44. The standard InChI is InChI=1S/C29H37N3O4/c1-20(17-24(33)34)22-7-6-8-23(18-22)31-25(35)29(9-4-3-5-10-29)19-27-11-14-28(15-12-27,16-13-27)26-30-21(2)32-36-26/h6-8,17-18H,3-5,9-16,19H2,1-2H3,(H,31,35)(H,33,34)/b20-17+. The van der Waals surface area contributed by atoms with Crippen LogP contribution in [0.25, 0.3) is 5.57 Å². The van der Waals surface area contributed by atoms with Crippen LogP contribution in [0.5, 0.6) is 0 Å². The van der Waals surface area contributed by atoms with Gasteiger partial charge in [-0.15, -0.1) is 0 Å². The third-order valence-electron chi connectivity index (χ3n) is 9.30. The van der Waals surface area contributed by atoms with E-state index in [1.807, 2.05) is 31.2 Å². The Morgan fingerprint density at radius 2 is 1.75 bits per heavy atom. The normalized spacial score (nSPS) is 27.6. The van der Waals surface area contributed by atoms with E-state index >= 15 is 0 Å². The number of rotatable bonds is 7. The van der Waals surface area contributed by atoms with Crippen LogP contribution in [0.1, 0.15) is 101 Å². The van der Waals surface area contributed by atoms with Gasteiger partial charge in [0.15, 0.2) is 5.82 Å². The lowest BCUT2D eigenvalue weighted by Crippen LogP contribution is -2.49. The third-order valence-corrected chi connectivity index (χ3v) is 9.30. The summed E-state index contributed by atoms with van der Waals surface area (Å²) in [5.41, 5.74) is 2.07. The summed E-state index contributed by atoms with van der Waals surface area (Å²) in [5.74, 6) is 0.673. The van der Waals surface area contributed by atoms with Gasteiger partial charge < -0.3 is 14.9 Å². The Balaban J connectivity index is 1.33. The Morgan fingerprint density at radius 1 is 1.06 bits per heavy atom.